The third kappa shape index (κ3) is 4.53. The summed E-state index contributed by atoms with van der Waals surface area (Å²) in [5.41, 5.74) is 2.10. The van der Waals surface area contributed by atoms with Crippen molar-refractivity contribution in [2.24, 2.45) is 0 Å². The van der Waals surface area contributed by atoms with Crippen molar-refractivity contribution in [3.8, 4) is 11.5 Å². The van der Waals surface area contributed by atoms with Crippen LogP contribution in [-0.2, 0) is 11.3 Å². The van der Waals surface area contributed by atoms with Gasteiger partial charge in [-0.1, -0.05) is 13.8 Å². The fraction of sp³-hybridized carbons (Fsp3) is 0.391. The van der Waals surface area contributed by atoms with Gasteiger partial charge < -0.3 is 19.7 Å². The summed E-state index contributed by atoms with van der Waals surface area (Å²) in [5, 5.41) is 2.92. The molecule has 1 aliphatic heterocycles. The number of anilines is 1. The van der Waals surface area contributed by atoms with Gasteiger partial charge in [-0.05, 0) is 62.2 Å². The smallest absolute Gasteiger partial charge is 0.264 e. The standard InChI is InChI=1S/C23H28N2O4/c1-5-15(3)25-14-17-13-18(9-12-21(17)29-20(6-2)23(25)27)24-22(26)16-7-10-19(28-4)11-8-16/h7-13,15,20H,5-6,14H2,1-4H3,(H,24,26). The van der Waals surface area contributed by atoms with Crippen LogP contribution in [0.25, 0.3) is 0 Å². The first-order valence-electron chi connectivity index (χ1n) is 10.0. The molecule has 1 heterocycles. The van der Waals surface area contributed by atoms with Gasteiger partial charge in [-0.15, -0.1) is 0 Å². The van der Waals surface area contributed by atoms with Gasteiger partial charge >= 0.3 is 0 Å². The first-order chi connectivity index (χ1) is 14.0. The minimum Gasteiger partial charge on any atom is -0.497 e. The van der Waals surface area contributed by atoms with Crippen molar-refractivity contribution < 1.29 is 19.1 Å². The van der Waals surface area contributed by atoms with Gasteiger partial charge in [0.05, 0.1) is 7.11 Å². The molecule has 0 saturated heterocycles. The Labute approximate surface area is 171 Å². The summed E-state index contributed by atoms with van der Waals surface area (Å²) >= 11 is 0. The largest absolute Gasteiger partial charge is 0.497 e. The number of nitrogens with zero attached hydrogens (tertiary/aromatic N) is 1. The molecule has 2 amide bonds. The first kappa shape index (κ1) is 20.7. The number of hydrogen-bond acceptors (Lipinski definition) is 4. The Bertz CT molecular complexity index is 879. The van der Waals surface area contributed by atoms with Crippen LogP contribution in [0.5, 0.6) is 11.5 Å². The normalized spacial score (nSPS) is 17.0. The third-order valence-electron chi connectivity index (χ3n) is 5.33. The number of carbonyl (C=O) groups is 2. The summed E-state index contributed by atoms with van der Waals surface area (Å²) in [6.45, 7) is 6.53. The molecule has 2 aromatic rings. The van der Waals surface area contributed by atoms with Crippen LogP contribution in [0.1, 0.15) is 49.5 Å². The van der Waals surface area contributed by atoms with Crippen molar-refractivity contribution >= 4 is 17.5 Å². The zero-order chi connectivity index (χ0) is 21.0. The van der Waals surface area contributed by atoms with E-state index in [0.29, 0.717) is 35.7 Å². The highest BCUT2D eigenvalue weighted by atomic mass is 16.5. The molecule has 0 fully saturated rings. The van der Waals surface area contributed by atoms with Crippen LogP contribution in [0.4, 0.5) is 5.69 Å². The van der Waals surface area contributed by atoms with E-state index in [1.807, 2.05) is 30.9 Å². The summed E-state index contributed by atoms with van der Waals surface area (Å²) < 4.78 is 11.1. The molecular formula is C23H28N2O4. The third-order valence-corrected chi connectivity index (χ3v) is 5.33. The van der Waals surface area contributed by atoms with Crippen LogP contribution in [0.2, 0.25) is 0 Å². The van der Waals surface area contributed by atoms with Gasteiger partial charge in [0.15, 0.2) is 6.10 Å². The van der Waals surface area contributed by atoms with Gasteiger partial charge in [0.25, 0.3) is 11.8 Å². The topological polar surface area (TPSA) is 67.9 Å². The van der Waals surface area contributed by atoms with Gasteiger partial charge in [0.1, 0.15) is 11.5 Å². The van der Waals surface area contributed by atoms with Gasteiger partial charge in [-0.25, -0.2) is 0 Å². The van der Waals surface area contributed by atoms with Crippen molar-refractivity contribution in [3.63, 3.8) is 0 Å². The second kappa shape index (κ2) is 8.99. The molecule has 1 N–H and O–H groups in total. The van der Waals surface area contributed by atoms with Gasteiger partial charge in [-0.3, -0.25) is 9.59 Å². The monoisotopic (exact) mass is 396 g/mol. The Kier molecular flexibility index (Phi) is 6.42. The van der Waals surface area contributed by atoms with Crippen LogP contribution in [0.15, 0.2) is 42.5 Å². The lowest BCUT2D eigenvalue weighted by Gasteiger charge is -2.28. The zero-order valence-electron chi connectivity index (χ0n) is 17.4. The van der Waals surface area contributed by atoms with Crippen LogP contribution in [0, 0.1) is 0 Å². The summed E-state index contributed by atoms with van der Waals surface area (Å²) in [5.74, 6) is 1.20. The average molecular weight is 396 g/mol. The highest BCUT2D eigenvalue weighted by Crippen LogP contribution is 2.31. The van der Waals surface area contributed by atoms with Crippen molar-refractivity contribution in [1.82, 2.24) is 4.90 Å². The van der Waals surface area contributed by atoms with E-state index in [2.05, 4.69) is 12.2 Å². The minimum absolute atomic E-state index is 0.0156. The molecule has 0 radical (unpaired) electrons. The molecule has 29 heavy (non-hydrogen) atoms. The minimum atomic E-state index is -0.481. The lowest BCUT2D eigenvalue weighted by Crippen LogP contribution is -2.43. The molecule has 1 aliphatic rings. The van der Waals surface area contributed by atoms with E-state index >= 15 is 0 Å². The highest BCUT2D eigenvalue weighted by molar-refractivity contribution is 6.04. The summed E-state index contributed by atoms with van der Waals surface area (Å²) in [4.78, 5) is 27.3. The maximum absolute atomic E-state index is 12.9. The molecule has 2 unspecified atom stereocenters. The second-order valence-corrected chi connectivity index (χ2v) is 7.24. The lowest BCUT2D eigenvalue weighted by atomic mass is 10.1. The Morgan fingerprint density at radius 3 is 2.59 bits per heavy atom. The Hall–Kier alpha value is -3.02. The molecule has 3 rings (SSSR count). The number of benzene rings is 2. The maximum Gasteiger partial charge on any atom is 0.264 e. The summed E-state index contributed by atoms with van der Waals surface area (Å²) in [7, 11) is 1.59. The summed E-state index contributed by atoms with van der Waals surface area (Å²) in [6.07, 6.45) is 0.997. The predicted octanol–water partition coefficient (Wildman–Crippen LogP) is 4.25. The fourth-order valence-electron chi connectivity index (χ4n) is 3.34. The van der Waals surface area contributed by atoms with Crippen LogP contribution in [0.3, 0.4) is 0 Å². The number of carbonyl (C=O) groups excluding carboxylic acids is 2. The molecule has 2 aromatic carbocycles. The lowest BCUT2D eigenvalue weighted by molar-refractivity contribution is -0.140. The number of fused-ring (bicyclic) bond motifs is 1. The molecule has 2 atom stereocenters. The predicted molar refractivity (Wildman–Crippen MR) is 112 cm³/mol. The van der Waals surface area contributed by atoms with Crippen LogP contribution >= 0.6 is 0 Å². The molecule has 0 bridgehead atoms. The van der Waals surface area contributed by atoms with E-state index in [9.17, 15) is 9.59 Å². The average Bonchev–Trinajstić information content (AvgIpc) is 2.89. The van der Waals surface area contributed by atoms with E-state index < -0.39 is 6.10 Å². The van der Waals surface area contributed by atoms with Crippen LogP contribution in [-0.4, -0.2) is 36.0 Å². The fourth-order valence-corrected chi connectivity index (χ4v) is 3.34. The molecule has 0 saturated carbocycles. The van der Waals surface area contributed by atoms with Crippen LogP contribution < -0.4 is 14.8 Å². The van der Waals surface area contributed by atoms with E-state index in [1.165, 1.54) is 0 Å². The summed E-state index contributed by atoms with van der Waals surface area (Å²) in [6, 6.07) is 12.6. The van der Waals surface area contributed by atoms with E-state index in [-0.39, 0.29) is 17.9 Å². The Balaban J connectivity index is 1.83. The van der Waals surface area contributed by atoms with Gasteiger partial charge in [-0.2, -0.15) is 0 Å². The van der Waals surface area contributed by atoms with Crippen molar-refractivity contribution in [1.29, 1.82) is 0 Å². The quantitative estimate of drug-likeness (QED) is 0.793. The first-order valence-corrected chi connectivity index (χ1v) is 10.0. The molecular weight excluding hydrogens is 368 g/mol. The van der Waals surface area contributed by atoms with Crippen molar-refractivity contribution in [2.45, 2.75) is 52.3 Å². The molecule has 154 valence electrons. The highest BCUT2D eigenvalue weighted by Gasteiger charge is 2.32. The van der Waals surface area contributed by atoms with Gasteiger partial charge in [0.2, 0.25) is 0 Å². The SMILES string of the molecule is CCC1Oc2ccc(NC(=O)c3ccc(OC)cc3)cc2CN(C(C)CC)C1=O. The molecule has 0 spiro atoms. The Morgan fingerprint density at radius 2 is 1.97 bits per heavy atom. The van der Waals surface area contributed by atoms with Gasteiger partial charge in [0, 0.05) is 29.4 Å². The number of amides is 2. The molecule has 0 aromatic heterocycles. The number of methoxy groups -OCH3 is 1. The zero-order valence-corrected chi connectivity index (χ0v) is 17.4. The van der Waals surface area contributed by atoms with Crippen molar-refractivity contribution in [3.05, 3.63) is 53.6 Å². The number of hydrogen-bond donors (Lipinski definition) is 1. The van der Waals surface area contributed by atoms with E-state index in [1.54, 1.807) is 37.4 Å². The van der Waals surface area contributed by atoms with E-state index in [0.717, 1.165) is 12.0 Å². The second-order valence-electron chi connectivity index (χ2n) is 7.24. The maximum atomic E-state index is 12.9. The molecule has 6 nitrogen and oxygen atoms in total. The molecule has 6 heteroatoms. The number of nitrogens with one attached hydrogen (secondary N) is 1. The molecule has 0 aliphatic carbocycles. The number of rotatable bonds is 6. The van der Waals surface area contributed by atoms with E-state index in [4.69, 9.17) is 9.47 Å². The number of ether oxygens (including phenoxy) is 2. The Morgan fingerprint density at radius 1 is 1.24 bits per heavy atom. The van der Waals surface area contributed by atoms with Crippen molar-refractivity contribution in [2.75, 3.05) is 12.4 Å².